The van der Waals surface area contributed by atoms with Crippen LogP contribution in [0.3, 0.4) is 0 Å². The van der Waals surface area contributed by atoms with Crippen LogP contribution in [-0.2, 0) is 4.74 Å². The predicted molar refractivity (Wildman–Crippen MR) is 65.4 cm³/mol. The van der Waals surface area contributed by atoms with Crippen LogP contribution in [0.1, 0.15) is 30.3 Å². The summed E-state index contributed by atoms with van der Waals surface area (Å²) in [7, 11) is 0. The molecule has 0 radical (unpaired) electrons. The molecule has 6 heteroatoms. The number of amides is 1. The molecule has 0 atom stereocenters. The van der Waals surface area contributed by atoms with Crippen molar-refractivity contribution < 1.29 is 9.53 Å². The number of nitrogens with one attached hydrogen (secondary N) is 1. The molecule has 1 aromatic rings. The summed E-state index contributed by atoms with van der Waals surface area (Å²) >= 11 is 0. The van der Waals surface area contributed by atoms with Gasteiger partial charge in [0.05, 0.1) is 18.5 Å². The van der Waals surface area contributed by atoms with Gasteiger partial charge in [-0.05, 0) is 19.8 Å². The number of likely N-dealkylation sites (tertiary alicyclic amines) is 1. The van der Waals surface area contributed by atoms with Gasteiger partial charge in [-0.25, -0.2) is 0 Å². The number of carbonyl (C=O) groups is 1. The van der Waals surface area contributed by atoms with Gasteiger partial charge in [0, 0.05) is 19.7 Å². The van der Waals surface area contributed by atoms with Crippen molar-refractivity contribution in [2.75, 3.05) is 19.7 Å². The van der Waals surface area contributed by atoms with Crippen molar-refractivity contribution in [3.63, 3.8) is 0 Å². The normalized spacial score (nSPS) is 16.8. The van der Waals surface area contributed by atoms with Gasteiger partial charge in [0.1, 0.15) is 5.69 Å². The van der Waals surface area contributed by atoms with Crippen LogP contribution < -0.4 is 5.56 Å². The zero-order valence-electron chi connectivity index (χ0n) is 10.4. The first-order valence-electron chi connectivity index (χ1n) is 6.16. The average molecular weight is 251 g/mol. The summed E-state index contributed by atoms with van der Waals surface area (Å²) in [6.45, 7) is 3.98. The first kappa shape index (κ1) is 12.8. The lowest BCUT2D eigenvalue weighted by Gasteiger charge is -2.31. The molecular weight excluding hydrogens is 234 g/mol. The monoisotopic (exact) mass is 251 g/mol. The number of hydrogen-bond donors (Lipinski definition) is 1. The Morgan fingerprint density at radius 1 is 1.50 bits per heavy atom. The second-order valence-corrected chi connectivity index (χ2v) is 4.26. The molecule has 1 aliphatic heterocycles. The van der Waals surface area contributed by atoms with Gasteiger partial charge in [-0.2, -0.15) is 0 Å². The lowest BCUT2D eigenvalue weighted by molar-refractivity contribution is 0.0144. The van der Waals surface area contributed by atoms with Crippen LogP contribution in [0.4, 0.5) is 0 Å². The highest BCUT2D eigenvalue weighted by Gasteiger charge is 2.24. The number of piperidine rings is 1. The Labute approximate surface area is 105 Å². The molecule has 98 valence electrons. The fourth-order valence-corrected chi connectivity index (χ4v) is 2.12. The summed E-state index contributed by atoms with van der Waals surface area (Å²) < 4.78 is 5.53. The highest BCUT2D eigenvalue weighted by molar-refractivity contribution is 5.91. The summed E-state index contributed by atoms with van der Waals surface area (Å²) in [6, 6.07) is 0. The Morgan fingerprint density at radius 2 is 2.22 bits per heavy atom. The highest BCUT2D eigenvalue weighted by atomic mass is 16.5. The largest absolute Gasteiger partial charge is 0.378 e. The number of hydrogen-bond acceptors (Lipinski definition) is 4. The number of nitrogens with zero attached hydrogens (tertiary/aromatic N) is 2. The van der Waals surface area contributed by atoms with E-state index >= 15 is 0 Å². The standard InChI is InChI=1S/C12H17N3O3/c1-2-18-9-3-5-15(6-4-9)12(17)10-7-13-8-11(16)14-10/h7-9H,2-6H2,1H3,(H,14,16). The van der Waals surface area contributed by atoms with Gasteiger partial charge in [-0.1, -0.05) is 0 Å². The minimum atomic E-state index is -0.356. The Balaban J connectivity index is 1.97. The molecule has 2 heterocycles. The quantitative estimate of drug-likeness (QED) is 0.844. The number of aromatic amines is 1. The van der Waals surface area contributed by atoms with Crippen molar-refractivity contribution in [3.8, 4) is 0 Å². The molecule has 1 fully saturated rings. The van der Waals surface area contributed by atoms with Crippen LogP contribution in [0.5, 0.6) is 0 Å². The molecule has 0 saturated carbocycles. The fourth-order valence-electron chi connectivity index (χ4n) is 2.12. The molecule has 0 bridgehead atoms. The fraction of sp³-hybridized carbons (Fsp3) is 0.583. The Bertz CT molecular complexity index is 464. The van der Waals surface area contributed by atoms with Crippen molar-refractivity contribution in [2.45, 2.75) is 25.9 Å². The minimum Gasteiger partial charge on any atom is -0.378 e. The van der Waals surface area contributed by atoms with Crippen LogP contribution in [0.25, 0.3) is 0 Å². The van der Waals surface area contributed by atoms with E-state index in [0.717, 1.165) is 19.0 Å². The third-order valence-corrected chi connectivity index (χ3v) is 3.02. The van der Waals surface area contributed by atoms with Crippen LogP contribution in [0.15, 0.2) is 17.2 Å². The molecule has 6 nitrogen and oxygen atoms in total. The van der Waals surface area contributed by atoms with Gasteiger partial charge >= 0.3 is 0 Å². The summed E-state index contributed by atoms with van der Waals surface area (Å²) in [6.07, 6.45) is 4.46. The zero-order valence-corrected chi connectivity index (χ0v) is 10.4. The molecule has 1 saturated heterocycles. The molecular formula is C12H17N3O3. The molecule has 1 amide bonds. The van der Waals surface area contributed by atoms with Crippen LogP contribution in [-0.4, -0.2) is 46.6 Å². The Kier molecular flexibility index (Phi) is 4.09. The predicted octanol–water partition coefficient (Wildman–Crippen LogP) is 0.411. The second kappa shape index (κ2) is 5.77. The van der Waals surface area contributed by atoms with Crippen molar-refractivity contribution in [1.82, 2.24) is 14.9 Å². The smallest absolute Gasteiger partial charge is 0.271 e. The van der Waals surface area contributed by atoms with Gasteiger partial charge in [-0.15, -0.1) is 0 Å². The lowest BCUT2D eigenvalue weighted by Crippen LogP contribution is -2.41. The van der Waals surface area contributed by atoms with Gasteiger partial charge in [0.15, 0.2) is 0 Å². The van der Waals surface area contributed by atoms with Crippen molar-refractivity contribution in [1.29, 1.82) is 0 Å². The number of ether oxygens (including phenoxy) is 1. The molecule has 0 aromatic carbocycles. The number of rotatable bonds is 3. The van der Waals surface area contributed by atoms with Crippen molar-refractivity contribution in [3.05, 3.63) is 28.4 Å². The van der Waals surface area contributed by atoms with E-state index in [1.165, 1.54) is 6.20 Å². The Hall–Kier alpha value is -1.69. The molecule has 1 aromatic heterocycles. The topological polar surface area (TPSA) is 75.3 Å². The first-order chi connectivity index (χ1) is 8.70. The summed E-state index contributed by atoms with van der Waals surface area (Å²) in [5, 5.41) is 0. The van der Waals surface area contributed by atoms with E-state index in [-0.39, 0.29) is 23.3 Å². The van der Waals surface area contributed by atoms with Crippen LogP contribution in [0.2, 0.25) is 0 Å². The van der Waals surface area contributed by atoms with Gasteiger partial charge in [-0.3, -0.25) is 14.6 Å². The molecule has 0 aliphatic carbocycles. The zero-order chi connectivity index (χ0) is 13.0. The van der Waals surface area contributed by atoms with E-state index in [2.05, 4.69) is 9.97 Å². The van der Waals surface area contributed by atoms with E-state index in [1.54, 1.807) is 4.90 Å². The van der Waals surface area contributed by atoms with E-state index in [0.29, 0.717) is 19.7 Å². The van der Waals surface area contributed by atoms with Crippen LogP contribution in [0, 0.1) is 0 Å². The van der Waals surface area contributed by atoms with Crippen LogP contribution >= 0.6 is 0 Å². The molecule has 1 N–H and O–H groups in total. The van der Waals surface area contributed by atoms with Gasteiger partial charge in [0.2, 0.25) is 0 Å². The minimum absolute atomic E-state index is 0.171. The number of carbonyl (C=O) groups excluding carboxylic acids is 1. The molecule has 1 aliphatic rings. The average Bonchev–Trinajstić information content (AvgIpc) is 2.39. The molecule has 0 spiro atoms. The Morgan fingerprint density at radius 3 is 2.83 bits per heavy atom. The van der Waals surface area contributed by atoms with E-state index in [9.17, 15) is 9.59 Å². The van der Waals surface area contributed by atoms with Gasteiger partial charge < -0.3 is 14.6 Å². The number of H-pyrrole nitrogens is 1. The first-order valence-corrected chi connectivity index (χ1v) is 6.16. The lowest BCUT2D eigenvalue weighted by atomic mass is 10.1. The molecule has 0 unspecified atom stereocenters. The maximum atomic E-state index is 12.1. The van der Waals surface area contributed by atoms with Crippen molar-refractivity contribution >= 4 is 5.91 Å². The summed E-state index contributed by atoms with van der Waals surface area (Å²) in [4.78, 5) is 31.2. The summed E-state index contributed by atoms with van der Waals surface area (Å²) in [5.41, 5.74) is -0.109. The maximum Gasteiger partial charge on any atom is 0.271 e. The highest BCUT2D eigenvalue weighted by Crippen LogP contribution is 2.15. The van der Waals surface area contributed by atoms with E-state index in [4.69, 9.17) is 4.74 Å². The third-order valence-electron chi connectivity index (χ3n) is 3.02. The maximum absolute atomic E-state index is 12.1. The van der Waals surface area contributed by atoms with E-state index < -0.39 is 0 Å². The van der Waals surface area contributed by atoms with E-state index in [1.807, 2.05) is 6.92 Å². The molecule has 18 heavy (non-hydrogen) atoms. The third kappa shape index (κ3) is 2.95. The second-order valence-electron chi connectivity index (χ2n) is 4.26. The van der Waals surface area contributed by atoms with Gasteiger partial charge in [0.25, 0.3) is 11.5 Å². The number of aromatic nitrogens is 2. The van der Waals surface area contributed by atoms with Crippen molar-refractivity contribution in [2.24, 2.45) is 0 Å². The molecule has 2 rings (SSSR count). The summed E-state index contributed by atoms with van der Waals surface area (Å²) in [5.74, 6) is -0.171. The SMILES string of the molecule is CCOC1CCN(C(=O)c2cncc(=O)[nH]2)CC1.